The molecule has 1 aliphatic heterocycles. The molecule has 4 rings (SSSR count). The summed E-state index contributed by atoms with van der Waals surface area (Å²) in [4.78, 5) is 16.1. The molecule has 1 atom stereocenters. The molecular weight excluding hydrogens is 450 g/mol. The first-order valence-electron chi connectivity index (χ1n) is 10.4. The molecule has 0 saturated heterocycles. The second kappa shape index (κ2) is 10.2. The monoisotopic (exact) mass is 474 g/mol. The van der Waals surface area contributed by atoms with Gasteiger partial charge in [0.25, 0.3) is 0 Å². The number of fused-ring (bicyclic) bond motifs is 1. The standard InChI is InChI=1S/C24H24F2N2O4S/c1-30-19-12-15-9-10-28(23(21-4-3-11-33-21)18(15)13-20(19)31-2)14-22(29)27-16-5-7-17(8-6-16)32-24(25)26/h3-8,11-13,23-24H,9-10,14H2,1-2H3,(H,27,29). The predicted molar refractivity (Wildman–Crippen MR) is 123 cm³/mol. The second-order valence-corrected chi connectivity index (χ2v) is 8.47. The van der Waals surface area contributed by atoms with Crippen LogP contribution >= 0.6 is 11.3 Å². The molecule has 3 aromatic rings. The third kappa shape index (κ3) is 5.26. The van der Waals surface area contributed by atoms with Crippen LogP contribution in [-0.2, 0) is 11.2 Å². The van der Waals surface area contributed by atoms with E-state index in [0.717, 1.165) is 22.4 Å². The van der Waals surface area contributed by atoms with Crippen molar-refractivity contribution in [3.63, 3.8) is 0 Å². The zero-order valence-corrected chi connectivity index (χ0v) is 19.0. The van der Waals surface area contributed by atoms with Crippen molar-refractivity contribution in [3.05, 3.63) is 69.9 Å². The molecule has 0 radical (unpaired) electrons. The number of benzene rings is 2. The highest BCUT2D eigenvalue weighted by Crippen LogP contribution is 2.42. The summed E-state index contributed by atoms with van der Waals surface area (Å²) < 4.78 is 40.0. The Balaban J connectivity index is 1.54. The van der Waals surface area contributed by atoms with Crippen molar-refractivity contribution < 1.29 is 27.8 Å². The van der Waals surface area contributed by atoms with Gasteiger partial charge in [-0.1, -0.05) is 6.07 Å². The molecule has 1 aromatic heterocycles. The van der Waals surface area contributed by atoms with Crippen LogP contribution in [0.5, 0.6) is 17.2 Å². The number of hydrogen-bond donors (Lipinski definition) is 1. The van der Waals surface area contributed by atoms with E-state index < -0.39 is 6.61 Å². The summed E-state index contributed by atoms with van der Waals surface area (Å²) in [5.41, 5.74) is 2.76. The number of amides is 1. The van der Waals surface area contributed by atoms with Crippen LogP contribution in [-0.4, -0.2) is 44.7 Å². The Bertz CT molecular complexity index is 1090. The fourth-order valence-electron chi connectivity index (χ4n) is 4.05. The third-order valence-corrected chi connectivity index (χ3v) is 6.42. The van der Waals surface area contributed by atoms with Gasteiger partial charge in [0.1, 0.15) is 5.75 Å². The summed E-state index contributed by atoms with van der Waals surface area (Å²) in [7, 11) is 3.22. The lowest BCUT2D eigenvalue weighted by molar-refractivity contribution is -0.117. The molecule has 2 heterocycles. The normalized spacial score (nSPS) is 15.7. The van der Waals surface area contributed by atoms with Gasteiger partial charge in [0.2, 0.25) is 5.91 Å². The van der Waals surface area contributed by atoms with Crippen LogP contribution < -0.4 is 19.5 Å². The molecule has 0 saturated carbocycles. The number of alkyl halides is 2. The number of ether oxygens (including phenoxy) is 3. The summed E-state index contributed by atoms with van der Waals surface area (Å²) in [5.74, 6) is 1.18. The molecule has 1 aliphatic rings. The first-order chi connectivity index (χ1) is 16.0. The van der Waals surface area contributed by atoms with E-state index >= 15 is 0 Å². The molecule has 1 N–H and O–H groups in total. The Hall–Kier alpha value is -3.17. The second-order valence-electron chi connectivity index (χ2n) is 7.50. The molecule has 9 heteroatoms. The van der Waals surface area contributed by atoms with Gasteiger partial charge in [-0.3, -0.25) is 9.69 Å². The number of nitrogens with one attached hydrogen (secondary N) is 1. The van der Waals surface area contributed by atoms with Crippen LogP contribution in [0.15, 0.2) is 53.9 Å². The van der Waals surface area contributed by atoms with Gasteiger partial charge >= 0.3 is 6.61 Å². The SMILES string of the molecule is COc1cc2c(cc1OC)C(c1cccs1)N(CC(=O)Nc1ccc(OC(F)F)cc1)CC2. The topological polar surface area (TPSA) is 60.0 Å². The number of anilines is 1. The maximum atomic E-state index is 12.8. The fraction of sp³-hybridized carbons (Fsp3) is 0.292. The van der Waals surface area contributed by atoms with Gasteiger partial charge in [-0.15, -0.1) is 11.3 Å². The number of rotatable bonds is 8. The minimum Gasteiger partial charge on any atom is -0.493 e. The lowest BCUT2D eigenvalue weighted by atomic mass is 9.91. The van der Waals surface area contributed by atoms with Gasteiger partial charge in [-0.25, -0.2) is 0 Å². The molecule has 33 heavy (non-hydrogen) atoms. The van der Waals surface area contributed by atoms with Gasteiger partial charge in [0, 0.05) is 17.1 Å². The van der Waals surface area contributed by atoms with Crippen LogP contribution in [0, 0.1) is 0 Å². The molecule has 0 aliphatic carbocycles. The van der Waals surface area contributed by atoms with Gasteiger partial charge in [0.05, 0.1) is 26.8 Å². The van der Waals surface area contributed by atoms with E-state index in [-0.39, 0.29) is 24.2 Å². The number of hydrogen-bond acceptors (Lipinski definition) is 6. The summed E-state index contributed by atoms with van der Waals surface area (Å²) in [6.07, 6.45) is 0.768. The highest BCUT2D eigenvalue weighted by Gasteiger charge is 2.32. The molecule has 1 unspecified atom stereocenters. The van der Waals surface area contributed by atoms with E-state index in [1.165, 1.54) is 24.3 Å². The van der Waals surface area contributed by atoms with Crippen LogP contribution in [0.25, 0.3) is 0 Å². The van der Waals surface area contributed by atoms with E-state index in [4.69, 9.17) is 9.47 Å². The lowest BCUT2D eigenvalue weighted by Crippen LogP contribution is -2.40. The van der Waals surface area contributed by atoms with Gasteiger partial charge in [-0.05, 0) is 65.4 Å². The Labute approximate surface area is 194 Å². The lowest BCUT2D eigenvalue weighted by Gasteiger charge is -2.37. The van der Waals surface area contributed by atoms with E-state index in [1.807, 2.05) is 23.6 Å². The molecule has 174 valence electrons. The van der Waals surface area contributed by atoms with Gasteiger partial charge < -0.3 is 19.5 Å². The molecule has 6 nitrogen and oxygen atoms in total. The van der Waals surface area contributed by atoms with Crippen LogP contribution in [0.1, 0.15) is 22.0 Å². The van der Waals surface area contributed by atoms with E-state index in [1.54, 1.807) is 25.6 Å². The number of methoxy groups -OCH3 is 2. The van der Waals surface area contributed by atoms with Crippen molar-refractivity contribution in [1.82, 2.24) is 4.90 Å². The first-order valence-corrected chi connectivity index (χ1v) is 11.2. The zero-order chi connectivity index (χ0) is 23.4. The van der Waals surface area contributed by atoms with Gasteiger partial charge in [0.15, 0.2) is 11.5 Å². The smallest absolute Gasteiger partial charge is 0.387 e. The summed E-state index contributed by atoms with van der Waals surface area (Å²) in [6, 6.07) is 13.8. The molecule has 2 aromatic carbocycles. The number of halogens is 2. The number of carbonyl (C=O) groups is 1. The van der Waals surface area contributed by atoms with E-state index in [0.29, 0.717) is 23.7 Å². The van der Waals surface area contributed by atoms with Crippen molar-refractivity contribution in [2.24, 2.45) is 0 Å². The molecule has 1 amide bonds. The highest BCUT2D eigenvalue weighted by atomic mass is 32.1. The van der Waals surface area contributed by atoms with Crippen LogP contribution in [0.2, 0.25) is 0 Å². The van der Waals surface area contributed by atoms with Crippen molar-refractivity contribution in [2.75, 3.05) is 32.6 Å². The fourth-order valence-corrected chi connectivity index (χ4v) is 4.93. The first kappa shape index (κ1) is 23.0. The maximum Gasteiger partial charge on any atom is 0.387 e. The van der Waals surface area contributed by atoms with Crippen LogP contribution in [0.3, 0.4) is 0 Å². The molecule has 0 bridgehead atoms. The minimum atomic E-state index is -2.89. The molecule has 0 spiro atoms. The van der Waals surface area contributed by atoms with Crippen molar-refractivity contribution in [2.45, 2.75) is 19.1 Å². The Morgan fingerprint density at radius 3 is 2.52 bits per heavy atom. The summed E-state index contributed by atoms with van der Waals surface area (Å²) >= 11 is 1.64. The maximum absolute atomic E-state index is 12.8. The summed E-state index contributed by atoms with van der Waals surface area (Å²) in [6.45, 7) is -2.02. The Morgan fingerprint density at radius 1 is 1.15 bits per heavy atom. The Kier molecular flexibility index (Phi) is 7.10. The van der Waals surface area contributed by atoms with Crippen molar-refractivity contribution >= 4 is 22.9 Å². The largest absolute Gasteiger partial charge is 0.493 e. The Morgan fingerprint density at radius 2 is 1.88 bits per heavy atom. The van der Waals surface area contributed by atoms with Crippen LogP contribution in [0.4, 0.5) is 14.5 Å². The quantitative estimate of drug-likeness (QED) is 0.501. The third-order valence-electron chi connectivity index (χ3n) is 5.50. The van der Waals surface area contributed by atoms with Crippen molar-refractivity contribution in [3.8, 4) is 17.2 Å². The zero-order valence-electron chi connectivity index (χ0n) is 18.2. The molecular formula is C24H24F2N2O4S. The number of carbonyl (C=O) groups excluding carboxylic acids is 1. The summed E-state index contributed by atoms with van der Waals surface area (Å²) in [5, 5.41) is 4.85. The molecule has 0 fully saturated rings. The van der Waals surface area contributed by atoms with Crippen molar-refractivity contribution in [1.29, 1.82) is 0 Å². The highest BCUT2D eigenvalue weighted by molar-refractivity contribution is 7.10. The average Bonchev–Trinajstić information content (AvgIpc) is 3.33. The average molecular weight is 475 g/mol. The van der Waals surface area contributed by atoms with E-state index in [9.17, 15) is 13.6 Å². The minimum absolute atomic E-state index is 0.0396. The predicted octanol–water partition coefficient (Wildman–Crippen LogP) is 4.95. The van der Waals surface area contributed by atoms with E-state index in [2.05, 4.69) is 21.0 Å². The van der Waals surface area contributed by atoms with Gasteiger partial charge in [-0.2, -0.15) is 8.78 Å². The number of thiophene rings is 1. The number of nitrogens with zero attached hydrogens (tertiary/aromatic N) is 1.